The maximum atomic E-state index is 5.17. The fourth-order valence-electron chi connectivity index (χ4n) is 0.634. The lowest BCUT2D eigenvalue weighted by atomic mass is 10.3. The summed E-state index contributed by atoms with van der Waals surface area (Å²) in [6.45, 7) is 4.99. The Bertz CT molecular complexity index is 108. The third-order valence-electron chi connectivity index (χ3n) is 1.13. The Labute approximate surface area is 68.5 Å². The van der Waals surface area contributed by atoms with E-state index < -0.39 is 0 Å². The van der Waals surface area contributed by atoms with Crippen molar-refractivity contribution in [3.8, 4) is 0 Å². The van der Waals surface area contributed by atoms with E-state index in [2.05, 4.69) is 6.58 Å². The molecule has 0 amide bonds. The maximum Gasteiger partial charge on any atom is 0.0784 e. The van der Waals surface area contributed by atoms with E-state index in [0.29, 0.717) is 6.61 Å². The summed E-state index contributed by atoms with van der Waals surface area (Å²) in [6, 6.07) is 0. The van der Waals surface area contributed by atoms with Crippen molar-refractivity contribution in [1.82, 2.24) is 0 Å². The minimum Gasteiger partial charge on any atom is -0.505 e. The minimum absolute atomic E-state index is 0.647. The van der Waals surface area contributed by atoms with E-state index in [9.17, 15) is 0 Å². The summed E-state index contributed by atoms with van der Waals surface area (Å²) in [6.07, 6.45) is 7.47. The van der Waals surface area contributed by atoms with Crippen LogP contribution in [0.4, 0.5) is 0 Å². The molecule has 0 heterocycles. The second kappa shape index (κ2) is 9.24. The van der Waals surface area contributed by atoms with E-state index in [4.69, 9.17) is 9.47 Å². The predicted molar refractivity (Wildman–Crippen MR) is 46.4 cm³/mol. The third kappa shape index (κ3) is 9.24. The van der Waals surface area contributed by atoms with Crippen molar-refractivity contribution >= 4 is 0 Å². The lowest BCUT2D eigenvalue weighted by Crippen LogP contribution is -1.92. The van der Waals surface area contributed by atoms with Crippen LogP contribution in [0.5, 0.6) is 0 Å². The van der Waals surface area contributed by atoms with Crippen molar-refractivity contribution in [1.29, 1.82) is 0 Å². The first kappa shape index (κ1) is 10.2. The van der Waals surface area contributed by atoms with Gasteiger partial charge < -0.3 is 9.47 Å². The van der Waals surface area contributed by atoms with Crippen LogP contribution in [0.2, 0.25) is 0 Å². The van der Waals surface area contributed by atoms with Crippen LogP contribution in [-0.2, 0) is 9.47 Å². The molecule has 0 aliphatic heterocycles. The number of rotatable bonds is 7. The summed E-state index contributed by atoms with van der Waals surface area (Å²) in [7, 11) is 1.64. The number of ether oxygens (including phenoxy) is 2. The summed E-state index contributed by atoms with van der Waals surface area (Å²) in [5.41, 5.74) is 0. The normalized spacial score (nSPS) is 10.3. The van der Waals surface area contributed by atoms with E-state index in [1.165, 1.54) is 0 Å². The molecule has 64 valence electrons. The fraction of sp³-hybridized carbons (Fsp3) is 0.556. The van der Waals surface area contributed by atoms with Gasteiger partial charge in [0.1, 0.15) is 0 Å². The number of unbranched alkanes of at least 4 members (excludes halogenated alkanes) is 1. The van der Waals surface area contributed by atoms with Crippen LogP contribution in [0.1, 0.15) is 12.8 Å². The molecule has 0 saturated heterocycles. The highest BCUT2D eigenvalue weighted by atomic mass is 16.5. The van der Waals surface area contributed by atoms with Gasteiger partial charge in [0.25, 0.3) is 0 Å². The van der Waals surface area contributed by atoms with E-state index >= 15 is 0 Å². The molecule has 0 radical (unpaired) electrons. The molecule has 0 spiro atoms. The molecule has 0 atom stereocenters. The summed E-state index contributed by atoms with van der Waals surface area (Å²) < 4.78 is 9.90. The van der Waals surface area contributed by atoms with Crippen molar-refractivity contribution in [2.45, 2.75) is 12.8 Å². The summed E-state index contributed by atoms with van der Waals surface area (Å²) >= 11 is 0. The Morgan fingerprint density at radius 2 is 2.27 bits per heavy atom. The van der Waals surface area contributed by atoms with Gasteiger partial charge in [-0.25, -0.2) is 0 Å². The molecule has 0 fully saturated rings. The zero-order valence-electron chi connectivity index (χ0n) is 7.08. The molecule has 0 aromatic carbocycles. The number of methoxy groups -OCH3 is 1. The van der Waals surface area contributed by atoms with E-state index in [0.717, 1.165) is 19.4 Å². The Morgan fingerprint density at radius 1 is 1.45 bits per heavy atom. The minimum atomic E-state index is 0.647. The quantitative estimate of drug-likeness (QED) is 0.319. The predicted octanol–water partition coefficient (Wildman–Crippen LogP) is 2.13. The van der Waals surface area contributed by atoms with Crippen molar-refractivity contribution in [2.75, 3.05) is 20.3 Å². The summed E-state index contributed by atoms with van der Waals surface area (Å²) in [4.78, 5) is 0. The molecule has 0 aliphatic carbocycles. The second-order valence-electron chi connectivity index (χ2n) is 2.11. The fourth-order valence-corrected chi connectivity index (χ4v) is 0.634. The molecule has 0 unspecified atom stereocenters. The highest BCUT2D eigenvalue weighted by Gasteiger charge is 1.83. The van der Waals surface area contributed by atoms with Gasteiger partial charge in [0.2, 0.25) is 0 Å². The zero-order valence-corrected chi connectivity index (χ0v) is 7.08. The van der Waals surface area contributed by atoms with Crippen molar-refractivity contribution < 1.29 is 9.47 Å². The van der Waals surface area contributed by atoms with Gasteiger partial charge >= 0.3 is 0 Å². The van der Waals surface area contributed by atoms with Gasteiger partial charge in [-0.15, -0.1) is 6.58 Å². The first-order valence-electron chi connectivity index (χ1n) is 3.78. The third-order valence-corrected chi connectivity index (χ3v) is 1.13. The SMILES string of the molecule is C=CCOCCC/C=C/OC. The number of hydrogen-bond acceptors (Lipinski definition) is 2. The Hall–Kier alpha value is -0.760. The van der Waals surface area contributed by atoms with Crippen LogP contribution < -0.4 is 0 Å². The average Bonchev–Trinajstić information content (AvgIpc) is 2.03. The first-order valence-corrected chi connectivity index (χ1v) is 3.78. The molecule has 0 rings (SSSR count). The molecule has 0 N–H and O–H groups in total. The highest BCUT2D eigenvalue weighted by Crippen LogP contribution is 1.91. The number of allylic oxidation sites excluding steroid dienone is 1. The largest absolute Gasteiger partial charge is 0.505 e. The Kier molecular flexibility index (Phi) is 8.60. The van der Waals surface area contributed by atoms with Crippen LogP contribution >= 0.6 is 0 Å². The topological polar surface area (TPSA) is 18.5 Å². The van der Waals surface area contributed by atoms with E-state index in [1.807, 2.05) is 6.08 Å². The van der Waals surface area contributed by atoms with Gasteiger partial charge in [-0.2, -0.15) is 0 Å². The molecular weight excluding hydrogens is 140 g/mol. The van der Waals surface area contributed by atoms with Gasteiger partial charge in [0.05, 0.1) is 20.0 Å². The molecule has 11 heavy (non-hydrogen) atoms. The van der Waals surface area contributed by atoms with Gasteiger partial charge in [-0.1, -0.05) is 6.08 Å². The molecule has 0 bridgehead atoms. The van der Waals surface area contributed by atoms with Crippen molar-refractivity contribution in [3.63, 3.8) is 0 Å². The molecule has 2 nitrogen and oxygen atoms in total. The van der Waals surface area contributed by atoms with E-state index in [-0.39, 0.29) is 0 Å². The van der Waals surface area contributed by atoms with Crippen molar-refractivity contribution in [3.05, 3.63) is 25.0 Å². The Morgan fingerprint density at radius 3 is 2.91 bits per heavy atom. The summed E-state index contributed by atoms with van der Waals surface area (Å²) in [5.74, 6) is 0. The summed E-state index contributed by atoms with van der Waals surface area (Å²) in [5, 5.41) is 0. The molecule has 0 saturated carbocycles. The van der Waals surface area contributed by atoms with Crippen LogP contribution in [0, 0.1) is 0 Å². The average molecular weight is 156 g/mol. The lowest BCUT2D eigenvalue weighted by molar-refractivity contribution is 0.160. The molecule has 2 heteroatoms. The zero-order chi connectivity index (χ0) is 8.36. The highest BCUT2D eigenvalue weighted by molar-refractivity contribution is 4.72. The van der Waals surface area contributed by atoms with Crippen LogP contribution in [0.3, 0.4) is 0 Å². The van der Waals surface area contributed by atoms with Gasteiger partial charge in [-0.05, 0) is 18.9 Å². The van der Waals surface area contributed by atoms with Crippen LogP contribution in [-0.4, -0.2) is 20.3 Å². The number of hydrogen-bond donors (Lipinski definition) is 0. The van der Waals surface area contributed by atoms with Crippen LogP contribution in [0.15, 0.2) is 25.0 Å². The van der Waals surface area contributed by atoms with E-state index in [1.54, 1.807) is 19.4 Å². The van der Waals surface area contributed by atoms with Crippen molar-refractivity contribution in [2.24, 2.45) is 0 Å². The molecule has 0 aromatic heterocycles. The molecular formula is C9H16O2. The molecule has 0 aromatic rings. The second-order valence-corrected chi connectivity index (χ2v) is 2.11. The smallest absolute Gasteiger partial charge is 0.0784 e. The molecule has 0 aliphatic rings. The van der Waals surface area contributed by atoms with Gasteiger partial charge in [0.15, 0.2) is 0 Å². The lowest BCUT2D eigenvalue weighted by Gasteiger charge is -1.97. The van der Waals surface area contributed by atoms with Crippen LogP contribution in [0.25, 0.3) is 0 Å². The van der Waals surface area contributed by atoms with Gasteiger partial charge in [0, 0.05) is 6.61 Å². The maximum absolute atomic E-state index is 5.17. The first-order chi connectivity index (χ1) is 5.41. The monoisotopic (exact) mass is 156 g/mol. The van der Waals surface area contributed by atoms with Gasteiger partial charge in [-0.3, -0.25) is 0 Å². The Balaban J connectivity index is 2.90. The standard InChI is InChI=1S/C9H16O2/c1-3-7-11-9-6-4-5-8-10-2/h3,5,8H,1,4,6-7,9H2,2H3/b8-5+.